The molecule has 1 unspecified atom stereocenters. The van der Waals surface area contributed by atoms with Gasteiger partial charge < -0.3 is 10.2 Å². The van der Waals surface area contributed by atoms with Gasteiger partial charge in [-0.1, -0.05) is 67.1 Å². The molecule has 0 spiro atoms. The van der Waals surface area contributed by atoms with Gasteiger partial charge in [-0.25, -0.2) is 0 Å². The van der Waals surface area contributed by atoms with Gasteiger partial charge in [0, 0.05) is 31.0 Å². The number of hydrogen-bond acceptors (Lipinski definition) is 2. The Morgan fingerprint density at radius 3 is 2.39 bits per heavy atom. The van der Waals surface area contributed by atoms with Gasteiger partial charge in [0.05, 0.1) is 0 Å². The fourth-order valence-corrected chi connectivity index (χ4v) is 3.11. The molecule has 2 aromatic carbocycles. The lowest BCUT2D eigenvalue weighted by Gasteiger charge is -2.31. The van der Waals surface area contributed by atoms with Crippen LogP contribution in [0.3, 0.4) is 0 Å². The normalized spacial score (nSPS) is 11.5. The molecule has 4 nitrogen and oxygen atoms in total. The number of carbonyl (C=O) groups is 2. The second-order valence-corrected chi connectivity index (χ2v) is 7.07. The Kier molecular flexibility index (Phi) is 8.76. The number of benzene rings is 2. The molecule has 1 atom stereocenters. The first kappa shape index (κ1) is 21.7. The van der Waals surface area contributed by atoms with Crippen LogP contribution in [0, 0.1) is 0 Å². The first-order chi connectivity index (χ1) is 13.5. The monoisotopic (exact) mass is 398 g/mol. The predicted molar refractivity (Wildman–Crippen MR) is 114 cm³/mol. The highest BCUT2D eigenvalue weighted by Gasteiger charge is 2.29. The summed E-state index contributed by atoms with van der Waals surface area (Å²) < 4.78 is 0. The van der Waals surface area contributed by atoms with Crippen LogP contribution in [-0.4, -0.2) is 29.3 Å². The summed E-state index contributed by atoms with van der Waals surface area (Å²) in [7, 11) is 0. The Hall–Kier alpha value is -2.59. The molecular weight excluding hydrogens is 372 g/mol. The molecule has 0 aromatic heterocycles. The van der Waals surface area contributed by atoms with Crippen LogP contribution in [0.4, 0.5) is 0 Å². The van der Waals surface area contributed by atoms with Crippen molar-refractivity contribution in [3.63, 3.8) is 0 Å². The molecule has 0 aliphatic rings. The quantitative estimate of drug-likeness (QED) is 0.603. The number of halogens is 1. The van der Waals surface area contributed by atoms with Crippen molar-refractivity contribution < 1.29 is 9.59 Å². The molecule has 0 bridgehead atoms. The molecule has 0 aliphatic carbocycles. The lowest BCUT2D eigenvalue weighted by molar-refractivity contribution is -0.141. The van der Waals surface area contributed by atoms with E-state index in [1.165, 1.54) is 0 Å². The minimum atomic E-state index is -0.600. The maximum atomic E-state index is 12.9. The van der Waals surface area contributed by atoms with Crippen molar-refractivity contribution in [1.82, 2.24) is 10.2 Å². The smallest absolute Gasteiger partial charge is 0.243 e. The van der Waals surface area contributed by atoms with Crippen LogP contribution < -0.4 is 5.32 Å². The fraction of sp³-hybridized carbons (Fsp3) is 0.304. The molecule has 148 valence electrons. The Balaban J connectivity index is 2.33. The van der Waals surface area contributed by atoms with E-state index in [4.69, 9.17) is 11.6 Å². The fourth-order valence-electron chi connectivity index (χ4n) is 2.99. The maximum absolute atomic E-state index is 12.9. The number of carbonyl (C=O) groups excluding carboxylic acids is 2. The van der Waals surface area contributed by atoms with Gasteiger partial charge in [-0.05, 0) is 29.7 Å². The van der Waals surface area contributed by atoms with Crippen molar-refractivity contribution in [2.45, 2.75) is 38.8 Å². The summed E-state index contributed by atoms with van der Waals surface area (Å²) in [6.45, 7) is 6.33. The first-order valence-electron chi connectivity index (χ1n) is 9.51. The number of rotatable bonds is 10. The van der Waals surface area contributed by atoms with E-state index < -0.39 is 6.04 Å². The summed E-state index contributed by atoms with van der Waals surface area (Å²) >= 11 is 5.98. The zero-order valence-electron chi connectivity index (χ0n) is 16.2. The lowest BCUT2D eigenvalue weighted by Crippen LogP contribution is -2.50. The van der Waals surface area contributed by atoms with Crippen molar-refractivity contribution in [3.8, 4) is 0 Å². The highest BCUT2D eigenvalue weighted by atomic mass is 35.5. The number of nitrogens with one attached hydrogen (secondary N) is 1. The molecule has 1 N–H and O–H groups in total. The van der Waals surface area contributed by atoms with Gasteiger partial charge in [-0.2, -0.15) is 0 Å². The molecule has 5 heteroatoms. The topological polar surface area (TPSA) is 49.4 Å². The standard InChI is InChI=1S/C23H27ClN2O2/c1-3-8-22(27)26(17-19-11-13-20(24)14-12-19)21(23(28)25-15-4-2)16-18-9-6-5-7-10-18/h4-7,9-14,21H,2-3,8,15-17H2,1H3,(H,25,28). The molecule has 0 aliphatic heterocycles. The van der Waals surface area contributed by atoms with Crippen LogP contribution in [0.1, 0.15) is 30.9 Å². The van der Waals surface area contributed by atoms with E-state index in [1.807, 2.05) is 49.4 Å². The second-order valence-electron chi connectivity index (χ2n) is 6.64. The Morgan fingerprint density at radius 2 is 1.79 bits per heavy atom. The zero-order chi connectivity index (χ0) is 20.4. The number of amides is 2. The second kappa shape index (κ2) is 11.3. The summed E-state index contributed by atoms with van der Waals surface area (Å²) in [5, 5.41) is 3.49. The minimum Gasteiger partial charge on any atom is -0.351 e. The highest BCUT2D eigenvalue weighted by molar-refractivity contribution is 6.30. The molecule has 2 aromatic rings. The van der Waals surface area contributed by atoms with Crippen molar-refractivity contribution in [3.05, 3.63) is 83.4 Å². The van der Waals surface area contributed by atoms with Gasteiger partial charge in [-0.15, -0.1) is 6.58 Å². The van der Waals surface area contributed by atoms with Crippen LogP contribution in [0.25, 0.3) is 0 Å². The van der Waals surface area contributed by atoms with E-state index in [2.05, 4.69) is 11.9 Å². The summed E-state index contributed by atoms with van der Waals surface area (Å²) in [5.41, 5.74) is 1.94. The van der Waals surface area contributed by atoms with Gasteiger partial charge >= 0.3 is 0 Å². The summed E-state index contributed by atoms with van der Waals surface area (Å²) in [6, 6.07) is 16.5. The van der Waals surface area contributed by atoms with E-state index in [0.29, 0.717) is 31.0 Å². The van der Waals surface area contributed by atoms with Gasteiger partial charge in [-0.3, -0.25) is 9.59 Å². The van der Waals surface area contributed by atoms with E-state index in [0.717, 1.165) is 17.5 Å². The summed E-state index contributed by atoms with van der Waals surface area (Å²) in [4.78, 5) is 27.5. The zero-order valence-corrected chi connectivity index (χ0v) is 17.0. The van der Waals surface area contributed by atoms with Crippen LogP contribution >= 0.6 is 11.6 Å². The molecule has 28 heavy (non-hydrogen) atoms. The van der Waals surface area contributed by atoms with Crippen molar-refractivity contribution in [2.75, 3.05) is 6.54 Å². The Labute approximate surface area is 172 Å². The molecule has 0 saturated heterocycles. The van der Waals surface area contributed by atoms with Crippen LogP contribution in [0.2, 0.25) is 5.02 Å². The number of hydrogen-bond donors (Lipinski definition) is 1. The molecular formula is C23H27ClN2O2. The molecule has 2 amide bonds. The number of nitrogens with zero attached hydrogens (tertiary/aromatic N) is 1. The maximum Gasteiger partial charge on any atom is 0.243 e. The molecule has 2 rings (SSSR count). The van der Waals surface area contributed by atoms with E-state index in [9.17, 15) is 9.59 Å². The van der Waals surface area contributed by atoms with E-state index in [-0.39, 0.29) is 11.8 Å². The first-order valence-corrected chi connectivity index (χ1v) is 9.89. The molecule has 0 saturated carbocycles. The third-order valence-electron chi connectivity index (χ3n) is 4.42. The molecule has 0 heterocycles. The van der Waals surface area contributed by atoms with Gasteiger partial charge in [0.1, 0.15) is 6.04 Å². The van der Waals surface area contributed by atoms with Gasteiger partial charge in [0.15, 0.2) is 0 Å². The Morgan fingerprint density at radius 1 is 1.11 bits per heavy atom. The average Bonchev–Trinajstić information content (AvgIpc) is 2.71. The summed E-state index contributed by atoms with van der Waals surface area (Å²) in [6.07, 6.45) is 3.21. The largest absolute Gasteiger partial charge is 0.351 e. The van der Waals surface area contributed by atoms with Gasteiger partial charge in [0.2, 0.25) is 11.8 Å². The van der Waals surface area contributed by atoms with Gasteiger partial charge in [0.25, 0.3) is 0 Å². The van der Waals surface area contributed by atoms with E-state index >= 15 is 0 Å². The van der Waals surface area contributed by atoms with Crippen LogP contribution in [-0.2, 0) is 22.6 Å². The van der Waals surface area contributed by atoms with Crippen LogP contribution in [0.5, 0.6) is 0 Å². The molecule has 0 fully saturated rings. The SMILES string of the molecule is C=CCNC(=O)C(Cc1ccccc1)N(Cc1ccc(Cl)cc1)C(=O)CCC. The summed E-state index contributed by atoms with van der Waals surface area (Å²) in [5.74, 6) is -0.214. The van der Waals surface area contributed by atoms with Crippen molar-refractivity contribution >= 4 is 23.4 Å². The van der Waals surface area contributed by atoms with Crippen molar-refractivity contribution in [2.24, 2.45) is 0 Å². The molecule has 0 radical (unpaired) electrons. The lowest BCUT2D eigenvalue weighted by atomic mass is 10.0. The predicted octanol–water partition coefficient (Wildman–Crippen LogP) is 4.38. The highest BCUT2D eigenvalue weighted by Crippen LogP contribution is 2.17. The average molecular weight is 399 g/mol. The van der Waals surface area contributed by atoms with E-state index in [1.54, 1.807) is 23.1 Å². The van der Waals surface area contributed by atoms with Crippen molar-refractivity contribution in [1.29, 1.82) is 0 Å². The Bertz CT molecular complexity index is 775. The van der Waals surface area contributed by atoms with Crippen LogP contribution in [0.15, 0.2) is 67.3 Å². The minimum absolute atomic E-state index is 0.0351. The third kappa shape index (κ3) is 6.54. The third-order valence-corrected chi connectivity index (χ3v) is 4.67.